The Bertz CT molecular complexity index is 728. The van der Waals surface area contributed by atoms with Gasteiger partial charge in [-0.25, -0.2) is 4.79 Å². The van der Waals surface area contributed by atoms with Gasteiger partial charge in [-0.3, -0.25) is 0 Å². The second-order valence-corrected chi connectivity index (χ2v) is 4.84. The number of esters is 1. The molecule has 0 saturated carbocycles. The van der Waals surface area contributed by atoms with Crippen LogP contribution in [0.5, 0.6) is 5.88 Å². The van der Waals surface area contributed by atoms with Crippen LogP contribution >= 0.6 is 0 Å². The molecule has 0 atom stereocenters. The van der Waals surface area contributed by atoms with E-state index in [0.717, 1.165) is 11.1 Å². The third-order valence-electron chi connectivity index (χ3n) is 3.32. The van der Waals surface area contributed by atoms with Gasteiger partial charge in [-0.1, -0.05) is 60.7 Å². The minimum atomic E-state index is -0.594. The molecule has 0 saturated heterocycles. The van der Waals surface area contributed by atoms with Crippen molar-refractivity contribution in [3.8, 4) is 5.88 Å². The first kappa shape index (κ1) is 14.8. The number of aromatic nitrogens is 1. The molecule has 0 aliphatic carbocycles. The van der Waals surface area contributed by atoms with E-state index in [1.54, 1.807) is 0 Å². The first-order valence-corrected chi connectivity index (χ1v) is 7.09. The van der Waals surface area contributed by atoms with Gasteiger partial charge in [0.2, 0.25) is 5.76 Å². The Morgan fingerprint density at radius 3 is 2.09 bits per heavy atom. The quantitative estimate of drug-likeness (QED) is 0.673. The molecule has 23 heavy (non-hydrogen) atoms. The molecule has 0 N–H and O–H groups in total. The van der Waals surface area contributed by atoms with E-state index >= 15 is 0 Å². The van der Waals surface area contributed by atoms with Gasteiger partial charge < -0.3 is 14.0 Å². The second kappa shape index (κ2) is 6.79. The maximum absolute atomic E-state index is 11.4. The van der Waals surface area contributed by atoms with Gasteiger partial charge in [0.25, 0.3) is 5.88 Å². The number of carbonyl (C=O) groups excluding carboxylic acids is 1. The SMILES string of the molecule is COC(=O)c1cc(OC(c2ccccc2)c2ccccc2)no1. The number of hydrogen-bond donors (Lipinski definition) is 0. The van der Waals surface area contributed by atoms with Crippen molar-refractivity contribution in [2.45, 2.75) is 6.10 Å². The molecule has 3 rings (SSSR count). The summed E-state index contributed by atoms with van der Waals surface area (Å²) in [4.78, 5) is 11.4. The number of ether oxygens (including phenoxy) is 2. The Morgan fingerprint density at radius 1 is 1.00 bits per heavy atom. The molecule has 0 spiro atoms. The fourth-order valence-electron chi connectivity index (χ4n) is 2.22. The van der Waals surface area contributed by atoms with Crippen LogP contribution in [-0.4, -0.2) is 18.2 Å². The molecule has 0 aliphatic rings. The van der Waals surface area contributed by atoms with Crippen molar-refractivity contribution < 1.29 is 18.8 Å². The molecule has 3 aromatic rings. The summed E-state index contributed by atoms with van der Waals surface area (Å²) in [6.07, 6.45) is -0.354. The number of benzene rings is 2. The fourth-order valence-corrected chi connectivity index (χ4v) is 2.22. The van der Waals surface area contributed by atoms with E-state index in [1.807, 2.05) is 60.7 Å². The second-order valence-electron chi connectivity index (χ2n) is 4.84. The van der Waals surface area contributed by atoms with Gasteiger partial charge >= 0.3 is 5.97 Å². The van der Waals surface area contributed by atoms with Crippen LogP contribution in [0.15, 0.2) is 71.3 Å². The monoisotopic (exact) mass is 309 g/mol. The molecular formula is C18H15NO4. The summed E-state index contributed by atoms with van der Waals surface area (Å²) < 4.78 is 15.5. The fraction of sp³-hybridized carbons (Fsp3) is 0.111. The van der Waals surface area contributed by atoms with Crippen LogP contribution in [-0.2, 0) is 4.74 Å². The number of carbonyl (C=O) groups is 1. The van der Waals surface area contributed by atoms with Crippen molar-refractivity contribution in [2.75, 3.05) is 7.11 Å². The molecule has 1 aromatic heterocycles. The van der Waals surface area contributed by atoms with Crippen molar-refractivity contribution in [1.29, 1.82) is 0 Å². The van der Waals surface area contributed by atoms with Gasteiger partial charge in [-0.05, 0) is 16.3 Å². The van der Waals surface area contributed by atoms with E-state index in [1.165, 1.54) is 13.2 Å². The van der Waals surface area contributed by atoms with E-state index in [2.05, 4.69) is 9.89 Å². The smallest absolute Gasteiger partial charge is 0.377 e. The Morgan fingerprint density at radius 2 is 1.57 bits per heavy atom. The highest BCUT2D eigenvalue weighted by molar-refractivity contribution is 5.86. The highest BCUT2D eigenvalue weighted by Gasteiger charge is 2.20. The van der Waals surface area contributed by atoms with Gasteiger partial charge in [-0.15, -0.1) is 0 Å². The lowest BCUT2D eigenvalue weighted by atomic mass is 10.0. The first-order chi connectivity index (χ1) is 11.3. The minimum absolute atomic E-state index is 0.00220. The van der Waals surface area contributed by atoms with E-state index < -0.39 is 5.97 Å². The van der Waals surface area contributed by atoms with Gasteiger partial charge in [0.1, 0.15) is 0 Å². The predicted octanol–water partition coefficient (Wildman–Crippen LogP) is 3.63. The predicted molar refractivity (Wildman–Crippen MR) is 83.2 cm³/mol. The van der Waals surface area contributed by atoms with Crippen molar-refractivity contribution >= 4 is 5.97 Å². The molecule has 5 heteroatoms. The summed E-state index contributed by atoms with van der Waals surface area (Å²) in [5.41, 5.74) is 1.95. The lowest BCUT2D eigenvalue weighted by Gasteiger charge is -2.18. The van der Waals surface area contributed by atoms with Gasteiger partial charge in [0.15, 0.2) is 6.10 Å². The molecule has 5 nitrogen and oxygen atoms in total. The maximum atomic E-state index is 11.4. The molecule has 1 heterocycles. The molecule has 0 aliphatic heterocycles. The summed E-state index contributed by atoms with van der Waals surface area (Å²) in [7, 11) is 1.28. The van der Waals surface area contributed by atoms with Crippen molar-refractivity contribution in [2.24, 2.45) is 0 Å². The van der Waals surface area contributed by atoms with Crippen molar-refractivity contribution in [3.05, 3.63) is 83.6 Å². The molecular weight excluding hydrogens is 294 g/mol. The number of nitrogens with zero attached hydrogens (tertiary/aromatic N) is 1. The molecule has 0 radical (unpaired) electrons. The lowest BCUT2D eigenvalue weighted by Crippen LogP contribution is -2.09. The van der Waals surface area contributed by atoms with Gasteiger partial charge in [0.05, 0.1) is 13.2 Å². The van der Waals surface area contributed by atoms with E-state index in [0.29, 0.717) is 0 Å². The molecule has 0 bridgehead atoms. The normalized spacial score (nSPS) is 10.5. The zero-order valence-electron chi connectivity index (χ0n) is 12.5. The van der Waals surface area contributed by atoms with Crippen LogP contribution in [0.4, 0.5) is 0 Å². The maximum Gasteiger partial charge on any atom is 0.377 e. The van der Waals surface area contributed by atoms with Crippen LogP contribution in [0.25, 0.3) is 0 Å². The summed E-state index contributed by atoms with van der Waals surface area (Å²) in [6, 6.07) is 21.0. The van der Waals surface area contributed by atoms with Crippen molar-refractivity contribution in [1.82, 2.24) is 5.16 Å². The van der Waals surface area contributed by atoms with Crippen LogP contribution < -0.4 is 4.74 Å². The molecule has 0 fully saturated rings. The Balaban J connectivity index is 1.91. The third kappa shape index (κ3) is 3.40. The highest BCUT2D eigenvalue weighted by atomic mass is 16.6. The van der Waals surface area contributed by atoms with E-state index in [-0.39, 0.29) is 17.7 Å². The number of hydrogen-bond acceptors (Lipinski definition) is 5. The largest absolute Gasteiger partial charge is 0.463 e. The van der Waals surface area contributed by atoms with Crippen LogP contribution in [0.1, 0.15) is 27.8 Å². The average Bonchev–Trinajstić information content (AvgIpc) is 3.09. The molecule has 2 aromatic carbocycles. The summed E-state index contributed by atoms with van der Waals surface area (Å²) in [5, 5.41) is 3.78. The molecule has 0 unspecified atom stereocenters. The lowest BCUT2D eigenvalue weighted by molar-refractivity contribution is 0.0554. The zero-order valence-corrected chi connectivity index (χ0v) is 12.5. The Kier molecular flexibility index (Phi) is 4.38. The highest BCUT2D eigenvalue weighted by Crippen LogP contribution is 2.28. The summed E-state index contributed by atoms with van der Waals surface area (Å²) in [5.74, 6) is -0.367. The van der Waals surface area contributed by atoms with Crippen LogP contribution in [0, 0.1) is 0 Å². The topological polar surface area (TPSA) is 61.6 Å². The first-order valence-electron chi connectivity index (χ1n) is 7.09. The van der Waals surface area contributed by atoms with Gasteiger partial charge in [0, 0.05) is 0 Å². The van der Waals surface area contributed by atoms with E-state index in [4.69, 9.17) is 9.26 Å². The van der Waals surface area contributed by atoms with Gasteiger partial charge in [-0.2, -0.15) is 0 Å². The standard InChI is InChI=1S/C18H15NO4/c1-21-18(20)15-12-16(19-23-15)22-17(13-8-4-2-5-9-13)14-10-6-3-7-11-14/h2-12,17H,1H3. The van der Waals surface area contributed by atoms with Crippen LogP contribution in [0.2, 0.25) is 0 Å². The number of rotatable bonds is 5. The Hall–Kier alpha value is -3.08. The van der Waals surface area contributed by atoms with Crippen LogP contribution in [0.3, 0.4) is 0 Å². The molecule has 0 amide bonds. The minimum Gasteiger partial charge on any atom is -0.463 e. The number of methoxy groups -OCH3 is 1. The zero-order chi connectivity index (χ0) is 16.1. The average molecular weight is 309 g/mol. The van der Waals surface area contributed by atoms with Crippen molar-refractivity contribution in [3.63, 3.8) is 0 Å². The van der Waals surface area contributed by atoms with E-state index in [9.17, 15) is 4.79 Å². The molecule has 116 valence electrons. The summed E-state index contributed by atoms with van der Waals surface area (Å²) >= 11 is 0. The third-order valence-corrected chi connectivity index (χ3v) is 3.32. The summed E-state index contributed by atoms with van der Waals surface area (Å²) in [6.45, 7) is 0. The Labute approximate surface area is 133 Å².